The SMILES string of the molecule is Brc1cccc(COc2ccc3[nH]ncc3c2)c1. The van der Waals surface area contributed by atoms with Crippen molar-refractivity contribution in [2.45, 2.75) is 6.61 Å². The summed E-state index contributed by atoms with van der Waals surface area (Å²) in [7, 11) is 0. The lowest BCUT2D eigenvalue weighted by molar-refractivity contribution is 0.306. The Labute approximate surface area is 113 Å². The summed E-state index contributed by atoms with van der Waals surface area (Å²) in [4.78, 5) is 0. The third-order valence-electron chi connectivity index (χ3n) is 2.71. The first-order valence-corrected chi connectivity index (χ1v) is 6.41. The van der Waals surface area contributed by atoms with Gasteiger partial charge in [-0.15, -0.1) is 0 Å². The molecule has 0 aliphatic carbocycles. The predicted octanol–water partition coefficient (Wildman–Crippen LogP) is 3.90. The summed E-state index contributed by atoms with van der Waals surface area (Å²) in [6.45, 7) is 0.558. The van der Waals surface area contributed by atoms with E-state index < -0.39 is 0 Å². The molecule has 18 heavy (non-hydrogen) atoms. The zero-order valence-corrected chi connectivity index (χ0v) is 11.1. The Kier molecular flexibility index (Phi) is 3.02. The average Bonchev–Trinajstić information content (AvgIpc) is 2.84. The van der Waals surface area contributed by atoms with Crippen LogP contribution in [-0.4, -0.2) is 10.2 Å². The highest BCUT2D eigenvalue weighted by atomic mass is 79.9. The van der Waals surface area contributed by atoms with E-state index in [4.69, 9.17) is 4.74 Å². The Morgan fingerprint density at radius 3 is 3.00 bits per heavy atom. The molecule has 90 valence electrons. The zero-order chi connectivity index (χ0) is 12.4. The average molecular weight is 303 g/mol. The van der Waals surface area contributed by atoms with Crippen LogP contribution < -0.4 is 4.74 Å². The number of halogens is 1. The van der Waals surface area contributed by atoms with Gasteiger partial charge in [0, 0.05) is 9.86 Å². The molecule has 1 aromatic heterocycles. The van der Waals surface area contributed by atoms with Gasteiger partial charge in [0.05, 0.1) is 11.7 Å². The van der Waals surface area contributed by atoms with E-state index in [0.717, 1.165) is 26.7 Å². The molecular formula is C14H11BrN2O. The van der Waals surface area contributed by atoms with Gasteiger partial charge in [0.2, 0.25) is 0 Å². The molecule has 0 radical (unpaired) electrons. The lowest BCUT2D eigenvalue weighted by Gasteiger charge is -2.06. The van der Waals surface area contributed by atoms with E-state index >= 15 is 0 Å². The van der Waals surface area contributed by atoms with Gasteiger partial charge >= 0.3 is 0 Å². The van der Waals surface area contributed by atoms with Crippen LogP contribution in [0.4, 0.5) is 0 Å². The van der Waals surface area contributed by atoms with Gasteiger partial charge in [0.15, 0.2) is 0 Å². The fourth-order valence-electron chi connectivity index (χ4n) is 1.80. The number of fused-ring (bicyclic) bond motifs is 1. The first-order chi connectivity index (χ1) is 8.81. The minimum Gasteiger partial charge on any atom is -0.489 e. The van der Waals surface area contributed by atoms with Gasteiger partial charge < -0.3 is 4.74 Å². The summed E-state index contributed by atoms with van der Waals surface area (Å²) in [5.41, 5.74) is 2.15. The minimum absolute atomic E-state index is 0.558. The number of aromatic amines is 1. The highest BCUT2D eigenvalue weighted by Gasteiger charge is 2.00. The van der Waals surface area contributed by atoms with Crippen LogP contribution in [0.25, 0.3) is 10.9 Å². The lowest BCUT2D eigenvalue weighted by atomic mass is 10.2. The molecule has 0 aliphatic rings. The Bertz CT molecular complexity index is 678. The first kappa shape index (κ1) is 11.3. The van der Waals surface area contributed by atoms with Crippen LogP contribution in [0.15, 0.2) is 53.1 Å². The lowest BCUT2D eigenvalue weighted by Crippen LogP contribution is -1.94. The summed E-state index contributed by atoms with van der Waals surface area (Å²) >= 11 is 3.45. The van der Waals surface area contributed by atoms with Crippen molar-refractivity contribution < 1.29 is 4.74 Å². The fourth-order valence-corrected chi connectivity index (χ4v) is 2.25. The second-order valence-electron chi connectivity index (χ2n) is 4.04. The van der Waals surface area contributed by atoms with Gasteiger partial charge in [0.25, 0.3) is 0 Å². The number of hydrogen-bond donors (Lipinski definition) is 1. The number of aromatic nitrogens is 2. The van der Waals surface area contributed by atoms with Crippen LogP contribution in [0.2, 0.25) is 0 Å². The number of ether oxygens (including phenoxy) is 1. The van der Waals surface area contributed by atoms with Crippen LogP contribution in [-0.2, 0) is 6.61 Å². The molecule has 0 saturated carbocycles. The quantitative estimate of drug-likeness (QED) is 0.796. The van der Waals surface area contributed by atoms with Crippen molar-refractivity contribution in [2.24, 2.45) is 0 Å². The summed E-state index contributed by atoms with van der Waals surface area (Å²) in [5, 5.41) is 7.96. The van der Waals surface area contributed by atoms with Gasteiger partial charge in [-0.1, -0.05) is 28.1 Å². The van der Waals surface area contributed by atoms with Crippen molar-refractivity contribution in [1.82, 2.24) is 10.2 Å². The van der Waals surface area contributed by atoms with Gasteiger partial charge in [-0.2, -0.15) is 5.10 Å². The van der Waals surface area contributed by atoms with E-state index in [9.17, 15) is 0 Å². The fraction of sp³-hybridized carbons (Fsp3) is 0.0714. The van der Waals surface area contributed by atoms with Gasteiger partial charge in [-0.05, 0) is 35.9 Å². The Morgan fingerprint density at radius 2 is 2.11 bits per heavy atom. The maximum atomic E-state index is 5.76. The second-order valence-corrected chi connectivity index (χ2v) is 4.95. The van der Waals surface area contributed by atoms with E-state index in [1.807, 2.05) is 36.4 Å². The van der Waals surface area contributed by atoms with Crippen molar-refractivity contribution in [3.63, 3.8) is 0 Å². The molecular weight excluding hydrogens is 292 g/mol. The predicted molar refractivity (Wildman–Crippen MR) is 74.6 cm³/mol. The molecule has 0 unspecified atom stereocenters. The molecule has 0 atom stereocenters. The van der Waals surface area contributed by atoms with E-state index in [-0.39, 0.29) is 0 Å². The maximum absolute atomic E-state index is 5.76. The zero-order valence-electron chi connectivity index (χ0n) is 9.56. The molecule has 0 aliphatic heterocycles. The minimum atomic E-state index is 0.558. The van der Waals surface area contributed by atoms with Crippen LogP contribution in [0.1, 0.15) is 5.56 Å². The molecule has 3 rings (SSSR count). The van der Waals surface area contributed by atoms with E-state index in [2.05, 4.69) is 32.2 Å². The van der Waals surface area contributed by atoms with Crippen LogP contribution in [0.5, 0.6) is 5.75 Å². The number of hydrogen-bond acceptors (Lipinski definition) is 2. The number of rotatable bonds is 3. The number of nitrogens with zero attached hydrogens (tertiary/aromatic N) is 1. The Morgan fingerprint density at radius 1 is 1.17 bits per heavy atom. The van der Waals surface area contributed by atoms with Crippen molar-refractivity contribution >= 4 is 26.8 Å². The molecule has 2 aromatic carbocycles. The summed E-state index contributed by atoms with van der Waals surface area (Å²) in [6, 6.07) is 14.0. The Balaban J connectivity index is 1.76. The molecule has 1 heterocycles. The van der Waals surface area contributed by atoms with Crippen LogP contribution in [0, 0.1) is 0 Å². The molecule has 3 aromatic rings. The normalized spacial score (nSPS) is 10.7. The molecule has 4 heteroatoms. The van der Waals surface area contributed by atoms with Crippen LogP contribution >= 0.6 is 15.9 Å². The molecule has 1 N–H and O–H groups in total. The molecule has 0 fully saturated rings. The maximum Gasteiger partial charge on any atom is 0.120 e. The summed E-state index contributed by atoms with van der Waals surface area (Å²) < 4.78 is 6.83. The van der Waals surface area contributed by atoms with Gasteiger partial charge in [-0.3, -0.25) is 5.10 Å². The molecule has 0 spiro atoms. The van der Waals surface area contributed by atoms with Crippen molar-refractivity contribution in [1.29, 1.82) is 0 Å². The highest BCUT2D eigenvalue weighted by molar-refractivity contribution is 9.10. The van der Waals surface area contributed by atoms with Crippen LogP contribution in [0.3, 0.4) is 0 Å². The summed E-state index contributed by atoms with van der Waals surface area (Å²) in [6.07, 6.45) is 1.79. The van der Waals surface area contributed by atoms with Gasteiger partial charge in [0.1, 0.15) is 12.4 Å². The van der Waals surface area contributed by atoms with Crippen molar-refractivity contribution in [3.8, 4) is 5.75 Å². The number of nitrogens with one attached hydrogen (secondary N) is 1. The second kappa shape index (κ2) is 4.82. The van der Waals surface area contributed by atoms with E-state index in [0.29, 0.717) is 6.61 Å². The summed E-state index contributed by atoms with van der Waals surface area (Å²) in [5.74, 6) is 0.851. The first-order valence-electron chi connectivity index (χ1n) is 5.62. The van der Waals surface area contributed by atoms with Crippen molar-refractivity contribution in [2.75, 3.05) is 0 Å². The Hall–Kier alpha value is -1.81. The molecule has 0 amide bonds. The molecule has 0 saturated heterocycles. The van der Waals surface area contributed by atoms with E-state index in [1.165, 1.54) is 0 Å². The third kappa shape index (κ3) is 2.38. The third-order valence-corrected chi connectivity index (χ3v) is 3.20. The smallest absolute Gasteiger partial charge is 0.120 e. The number of benzene rings is 2. The largest absolute Gasteiger partial charge is 0.489 e. The van der Waals surface area contributed by atoms with Gasteiger partial charge in [-0.25, -0.2) is 0 Å². The molecule has 0 bridgehead atoms. The topological polar surface area (TPSA) is 37.9 Å². The number of H-pyrrole nitrogens is 1. The monoisotopic (exact) mass is 302 g/mol. The standard InChI is InChI=1S/C14H11BrN2O/c15-12-3-1-2-10(6-12)9-18-13-4-5-14-11(7-13)8-16-17-14/h1-8H,9H2,(H,16,17). The van der Waals surface area contributed by atoms with Crippen molar-refractivity contribution in [3.05, 3.63) is 58.7 Å². The highest BCUT2D eigenvalue weighted by Crippen LogP contribution is 2.20. The molecule has 3 nitrogen and oxygen atoms in total. The van der Waals surface area contributed by atoms with E-state index in [1.54, 1.807) is 6.20 Å².